The summed E-state index contributed by atoms with van der Waals surface area (Å²) in [6.45, 7) is 0.688. The highest BCUT2D eigenvalue weighted by atomic mass is 16.5. The second-order valence-electron chi connectivity index (χ2n) is 2.19. The van der Waals surface area contributed by atoms with Crippen LogP contribution in [0.2, 0.25) is 0 Å². The summed E-state index contributed by atoms with van der Waals surface area (Å²) in [5, 5.41) is 6.17. The van der Waals surface area contributed by atoms with E-state index in [9.17, 15) is 4.79 Å². The highest BCUT2D eigenvalue weighted by Crippen LogP contribution is 2.11. The summed E-state index contributed by atoms with van der Waals surface area (Å²) in [5.41, 5.74) is 0.906. The van der Waals surface area contributed by atoms with Crippen molar-refractivity contribution in [3.63, 3.8) is 0 Å². The number of fused-ring (bicyclic) bond motifs is 1. The number of aromatic nitrogens is 1. The summed E-state index contributed by atoms with van der Waals surface area (Å²) >= 11 is 0. The maximum absolute atomic E-state index is 10.9. The van der Waals surface area contributed by atoms with Crippen molar-refractivity contribution >= 4 is 5.91 Å². The molecule has 0 bridgehead atoms. The van der Waals surface area contributed by atoms with Gasteiger partial charge in [-0.25, -0.2) is 0 Å². The Labute approximate surface area is 57.2 Å². The van der Waals surface area contributed by atoms with Gasteiger partial charge in [-0.3, -0.25) is 4.79 Å². The number of carbonyl (C=O) groups is 1. The van der Waals surface area contributed by atoms with Crippen LogP contribution in [0.5, 0.6) is 0 Å². The molecule has 0 saturated carbocycles. The number of amides is 1. The molecule has 0 unspecified atom stereocenters. The van der Waals surface area contributed by atoms with E-state index in [1.807, 2.05) is 0 Å². The molecule has 4 heteroatoms. The summed E-state index contributed by atoms with van der Waals surface area (Å²) in [6.07, 6.45) is 2.42. The topological polar surface area (TPSA) is 55.1 Å². The molecule has 0 aromatic carbocycles. The minimum Gasteiger partial charge on any atom is -0.351 e. The van der Waals surface area contributed by atoms with Gasteiger partial charge < -0.3 is 9.84 Å². The van der Waals surface area contributed by atoms with Gasteiger partial charge in [0.1, 0.15) is 0 Å². The first kappa shape index (κ1) is 5.46. The molecule has 1 aliphatic rings. The third-order valence-corrected chi connectivity index (χ3v) is 1.53. The third kappa shape index (κ3) is 0.618. The van der Waals surface area contributed by atoms with Crippen molar-refractivity contribution in [2.24, 2.45) is 0 Å². The molecule has 0 fully saturated rings. The Kier molecular flexibility index (Phi) is 1.00. The Morgan fingerprint density at radius 3 is 3.40 bits per heavy atom. The van der Waals surface area contributed by atoms with Gasteiger partial charge in [0.15, 0.2) is 0 Å². The van der Waals surface area contributed by atoms with Gasteiger partial charge in [-0.15, -0.1) is 0 Å². The highest BCUT2D eigenvalue weighted by molar-refractivity contribution is 5.93. The average Bonchev–Trinajstić information content (AvgIpc) is 2.36. The Balaban J connectivity index is 2.50. The second kappa shape index (κ2) is 1.83. The Hall–Kier alpha value is -1.32. The number of hydrogen-bond acceptors (Lipinski definition) is 3. The summed E-state index contributed by atoms with van der Waals surface area (Å²) in [6, 6.07) is 0. The summed E-state index contributed by atoms with van der Waals surface area (Å²) < 4.78 is 4.71. The van der Waals surface area contributed by atoms with Crippen LogP contribution in [0, 0.1) is 0 Å². The monoisotopic (exact) mass is 138 g/mol. The van der Waals surface area contributed by atoms with E-state index in [0.29, 0.717) is 12.3 Å². The molecule has 0 saturated heterocycles. The van der Waals surface area contributed by atoms with Crippen molar-refractivity contribution in [2.75, 3.05) is 6.54 Å². The van der Waals surface area contributed by atoms with E-state index in [-0.39, 0.29) is 5.91 Å². The lowest BCUT2D eigenvalue weighted by molar-refractivity contribution is 0.0907. The molecular formula is C6H6N2O2. The molecule has 1 amide bonds. The minimum absolute atomic E-state index is 0.154. The molecule has 0 spiro atoms. The lowest BCUT2D eigenvalue weighted by atomic mass is 10.1. The Morgan fingerprint density at radius 2 is 2.60 bits per heavy atom. The fourth-order valence-corrected chi connectivity index (χ4v) is 1.02. The molecule has 0 atom stereocenters. The smallest absolute Gasteiger partial charge is 0.290 e. The van der Waals surface area contributed by atoms with Crippen LogP contribution >= 0.6 is 0 Å². The zero-order chi connectivity index (χ0) is 6.97. The number of rotatable bonds is 0. The van der Waals surface area contributed by atoms with Crippen LogP contribution in [0.15, 0.2) is 10.7 Å². The SMILES string of the molecule is O=C1NCCc2cnoc21. The van der Waals surface area contributed by atoms with E-state index in [1.54, 1.807) is 6.20 Å². The van der Waals surface area contributed by atoms with Gasteiger partial charge in [0, 0.05) is 12.1 Å². The first-order chi connectivity index (χ1) is 4.88. The zero-order valence-corrected chi connectivity index (χ0v) is 5.26. The maximum Gasteiger partial charge on any atom is 0.290 e. The zero-order valence-electron chi connectivity index (χ0n) is 5.26. The van der Waals surface area contributed by atoms with Crippen molar-refractivity contribution < 1.29 is 9.32 Å². The number of hydrogen-bond donors (Lipinski definition) is 1. The fourth-order valence-electron chi connectivity index (χ4n) is 1.02. The van der Waals surface area contributed by atoms with E-state index in [2.05, 4.69) is 10.5 Å². The predicted molar refractivity (Wildman–Crippen MR) is 32.5 cm³/mol. The van der Waals surface area contributed by atoms with Gasteiger partial charge in [-0.05, 0) is 6.42 Å². The third-order valence-electron chi connectivity index (χ3n) is 1.53. The molecule has 4 nitrogen and oxygen atoms in total. The molecule has 1 aliphatic heterocycles. The van der Waals surface area contributed by atoms with Crippen LogP contribution in [0.3, 0.4) is 0 Å². The van der Waals surface area contributed by atoms with E-state index >= 15 is 0 Å². The molecule has 0 radical (unpaired) electrons. The lowest BCUT2D eigenvalue weighted by Crippen LogP contribution is -2.30. The normalized spacial score (nSPS) is 16.2. The molecular weight excluding hydrogens is 132 g/mol. The summed E-state index contributed by atoms with van der Waals surface area (Å²) in [5.74, 6) is 0.213. The van der Waals surface area contributed by atoms with Gasteiger partial charge >= 0.3 is 0 Å². The van der Waals surface area contributed by atoms with Crippen molar-refractivity contribution in [1.29, 1.82) is 0 Å². The Morgan fingerprint density at radius 1 is 1.70 bits per heavy atom. The fraction of sp³-hybridized carbons (Fsp3) is 0.333. The molecule has 2 rings (SSSR count). The predicted octanol–water partition coefficient (Wildman–Crippen LogP) is -0.0395. The van der Waals surface area contributed by atoms with Crippen LogP contribution in [0.25, 0.3) is 0 Å². The van der Waals surface area contributed by atoms with Gasteiger partial charge in [0.25, 0.3) is 5.91 Å². The molecule has 10 heavy (non-hydrogen) atoms. The number of carbonyl (C=O) groups excluding carboxylic acids is 1. The molecule has 1 N–H and O–H groups in total. The van der Waals surface area contributed by atoms with Gasteiger partial charge in [-0.1, -0.05) is 5.16 Å². The van der Waals surface area contributed by atoms with Crippen LogP contribution in [-0.4, -0.2) is 17.6 Å². The second-order valence-corrected chi connectivity index (χ2v) is 2.19. The van der Waals surface area contributed by atoms with E-state index in [0.717, 1.165) is 12.0 Å². The van der Waals surface area contributed by atoms with E-state index < -0.39 is 0 Å². The van der Waals surface area contributed by atoms with Gasteiger partial charge in [0.05, 0.1) is 6.20 Å². The van der Waals surface area contributed by atoms with Crippen LogP contribution < -0.4 is 5.32 Å². The minimum atomic E-state index is -0.154. The number of nitrogens with one attached hydrogen (secondary N) is 1. The quantitative estimate of drug-likeness (QED) is 0.547. The summed E-state index contributed by atoms with van der Waals surface area (Å²) in [4.78, 5) is 10.9. The molecule has 1 aromatic heterocycles. The lowest BCUT2D eigenvalue weighted by Gasteiger charge is -2.07. The van der Waals surface area contributed by atoms with Crippen molar-refractivity contribution in [3.05, 3.63) is 17.5 Å². The van der Waals surface area contributed by atoms with Crippen molar-refractivity contribution in [3.8, 4) is 0 Å². The summed E-state index contributed by atoms with van der Waals surface area (Å²) in [7, 11) is 0. The maximum atomic E-state index is 10.9. The standard InChI is InChI=1S/C6H6N2O2/c9-6-5-4(1-2-7-6)3-8-10-5/h3H,1-2H2,(H,7,9). The molecule has 2 heterocycles. The molecule has 52 valence electrons. The van der Waals surface area contributed by atoms with Crippen LogP contribution in [-0.2, 0) is 6.42 Å². The largest absolute Gasteiger partial charge is 0.351 e. The van der Waals surface area contributed by atoms with Crippen molar-refractivity contribution in [1.82, 2.24) is 10.5 Å². The first-order valence-electron chi connectivity index (χ1n) is 3.09. The molecule has 1 aromatic rings. The van der Waals surface area contributed by atoms with Crippen LogP contribution in [0.4, 0.5) is 0 Å². The van der Waals surface area contributed by atoms with E-state index in [4.69, 9.17) is 4.52 Å². The van der Waals surface area contributed by atoms with Gasteiger partial charge in [-0.2, -0.15) is 0 Å². The Bertz CT molecular complexity index is 266. The average molecular weight is 138 g/mol. The number of nitrogens with zero attached hydrogens (tertiary/aromatic N) is 1. The highest BCUT2D eigenvalue weighted by Gasteiger charge is 2.20. The first-order valence-corrected chi connectivity index (χ1v) is 3.09. The molecule has 0 aliphatic carbocycles. The van der Waals surface area contributed by atoms with E-state index in [1.165, 1.54) is 0 Å². The van der Waals surface area contributed by atoms with Crippen LogP contribution in [0.1, 0.15) is 16.1 Å². The van der Waals surface area contributed by atoms with Crippen molar-refractivity contribution in [2.45, 2.75) is 6.42 Å². The van der Waals surface area contributed by atoms with Gasteiger partial charge in [0.2, 0.25) is 5.76 Å².